The molecule has 0 atom stereocenters. The van der Waals surface area contributed by atoms with Crippen LogP contribution < -0.4 is 5.32 Å². The Bertz CT molecular complexity index is 927. The van der Waals surface area contributed by atoms with Crippen LogP contribution in [-0.2, 0) is 6.54 Å². The first-order valence-electron chi connectivity index (χ1n) is 9.13. The van der Waals surface area contributed by atoms with Crippen molar-refractivity contribution in [2.45, 2.75) is 32.7 Å². The fraction of sp³-hybridized carbons (Fsp3) is 0.350. The average Bonchev–Trinajstić information content (AvgIpc) is 3.11. The zero-order valence-electron chi connectivity index (χ0n) is 15.0. The van der Waals surface area contributed by atoms with E-state index in [2.05, 4.69) is 31.2 Å². The number of H-pyrrole nitrogens is 1. The number of aryl methyl sites for hydroxylation is 1. The molecule has 0 aliphatic carbocycles. The van der Waals surface area contributed by atoms with Crippen molar-refractivity contribution in [1.82, 2.24) is 19.9 Å². The number of likely N-dealkylation sites (tertiary alicyclic amines) is 1. The van der Waals surface area contributed by atoms with Gasteiger partial charge in [0.1, 0.15) is 17.3 Å². The second-order valence-electron chi connectivity index (χ2n) is 6.85. The molecule has 6 heteroatoms. The van der Waals surface area contributed by atoms with Gasteiger partial charge in [-0.05, 0) is 56.6 Å². The maximum absolute atomic E-state index is 12.7. The second-order valence-corrected chi connectivity index (χ2v) is 6.85. The molecular weight excluding hydrogens is 326 g/mol. The van der Waals surface area contributed by atoms with Crippen molar-refractivity contribution >= 4 is 22.8 Å². The van der Waals surface area contributed by atoms with E-state index in [4.69, 9.17) is 0 Å². The van der Waals surface area contributed by atoms with Crippen LogP contribution in [0.1, 0.15) is 41.0 Å². The van der Waals surface area contributed by atoms with Crippen molar-refractivity contribution in [2.75, 3.05) is 18.4 Å². The number of hydrogen-bond donors (Lipinski definition) is 2. The summed E-state index contributed by atoms with van der Waals surface area (Å²) in [6.07, 6.45) is 5.65. The summed E-state index contributed by atoms with van der Waals surface area (Å²) in [4.78, 5) is 27.0. The first-order valence-corrected chi connectivity index (χ1v) is 9.13. The summed E-state index contributed by atoms with van der Waals surface area (Å²) in [6.45, 7) is 5.00. The molecule has 0 bridgehead atoms. The smallest absolute Gasteiger partial charge is 0.256 e. The SMILES string of the molecule is Cc1nc(NC(=O)c2cccc(CN3CCCCC3)c2)c2cc[nH]c2n1. The van der Waals surface area contributed by atoms with Crippen molar-refractivity contribution in [1.29, 1.82) is 0 Å². The third kappa shape index (κ3) is 3.60. The molecule has 134 valence electrons. The summed E-state index contributed by atoms with van der Waals surface area (Å²) in [6, 6.07) is 9.73. The minimum atomic E-state index is -0.147. The van der Waals surface area contributed by atoms with Crippen molar-refractivity contribution in [3.05, 3.63) is 53.5 Å². The van der Waals surface area contributed by atoms with E-state index in [0.29, 0.717) is 17.2 Å². The predicted molar refractivity (Wildman–Crippen MR) is 102 cm³/mol. The molecule has 3 heterocycles. The third-order valence-electron chi connectivity index (χ3n) is 4.80. The average molecular weight is 349 g/mol. The number of piperidine rings is 1. The largest absolute Gasteiger partial charge is 0.346 e. The maximum Gasteiger partial charge on any atom is 0.256 e. The van der Waals surface area contributed by atoms with E-state index in [0.717, 1.165) is 30.7 Å². The monoisotopic (exact) mass is 349 g/mol. The van der Waals surface area contributed by atoms with Crippen molar-refractivity contribution < 1.29 is 4.79 Å². The molecule has 2 N–H and O–H groups in total. The van der Waals surface area contributed by atoms with Crippen LogP contribution in [0.15, 0.2) is 36.5 Å². The van der Waals surface area contributed by atoms with Crippen LogP contribution in [0.25, 0.3) is 11.0 Å². The van der Waals surface area contributed by atoms with Crippen molar-refractivity contribution in [2.24, 2.45) is 0 Å². The zero-order chi connectivity index (χ0) is 17.9. The van der Waals surface area contributed by atoms with E-state index in [1.807, 2.05) is 31.2 Å². The Morgan fingerprint density at radius 3 is 2.88 bits per heavy atom. The molecule has 1 saturated heterocycles. The number of rotatable bonds is 4. The molecule has 1 aromatic carbocycles. The quantitative estimate of drug-likeness (QED) is 0.756. The van der Waals surface area contributed by atoms with Gasteiger partial charge in [-0.15, -0.1) is 0 Å². The lowest BCUT2D eigenvalue weighted by Gasteiger charge is -2.26. The fourth-order valence-corrected chi connectivity index (χ4v) is 3.51. The van der Waals surface area contributed by atoms with E-state index < -0.39 is 0 Å². The Hall–Kier alpha value is -2.73. The topological polar surface area (TPSA) is 73.9 Å². The minimum absolute atomic E-state index is 0.147. The zero-order valence-corrected chi connectivity index (χ0v) is 15.0. The lowest BCUT2D eigenvalue weighted by atomic mass is 10.1. The Labute approximate surface area is 152 Å². The number of aromatic nitrogens is 3. The Balaban J connectivity index is 1.52. The van der Waals surface area contributed by atoms with E-state index in [1.165, 1.54) is 24.8 Å². The molecule has 0 spiro atoms. The van der Waals surface area contributed by atoms with Gasteiger partial charge in [0.25, 0.3) is 5.91 Å². The number of benzene rings is 1. The van der Waals surface area contributed by atoms with E-state index in [-0.39, 0.29) is 5.91 Å². The van der Waals surface area contributed by atoms with Crippen LogP contribution in [-0.4, -0.2) is 38.8 Å². The van der Waals surface area contributed by atoms with Crippen LogP contribution >= 0.6 is 0 Å². The number of carbonyl (C=O) groups excluding carboxylic acids is 1. The van der Waals surface area contributed by atoms with Crippen LogP contribution in [0.2, 0.25) is 0 Å². The number of carbonyl (C=O) groups is 1. The number of fused-ring (bicyclic) bond motifs is 1. The molecule has 1 aliphatic heterocycles. The van der Waals surface area contributed by atoms with Gasteiger partial charge in [0.05, 0.1) is 5.39 Å². The molecule has 0 radical (unpaired) electrons. The number of nitrogens with zero attached hydrogens (tertiary/aromatic N) is 3. The summed E-state index contributed by atoms with van der Waals surface area (Å²) in [5, 5.41) is 3.75. The van der Waals surface area contributed by atoms with Crippen LogP contribution in [0.3, 0.4) is 0 Å². The highest BCUT2D eigenvalue weighted by molar-refractivity contribution is 6.07. The van der Waals surface area contributed by atoms with Gasteiger partial charge in [0, 0.05) is 18.3 Å². The summed E-state index contributed by atoms with van der Waals surface area (Å²) in [5.41, 5.74) is 2.55. The van der Waals surface area contributed by atoms with Crippen LogP contribution in [0, 0.1) is 6.92 Å². The number of aromatic amines is 1. The van der Waals surface area contributed by atoms with Crippen molar-refractivity contribution in [3.8, 4) is 0 Å². The standard InChI is InChI=1S/C20H23N5O/c1-14-22-18-17(8-9-21-18)19(23-14)24-20(26)16-7-5-6-15(12-16)13-25-10-3-2-4-11-25/h5-9,12H,2-4,10-11,13H2,1H3,(H2,21,22,23,24,26). The third-order valence-corrected chi connectivity index (χ3v) is 4.80. The van der Waals surface area contributed by atoms with Crippen LogP contribution in [0.4, 0.5) is 5.82 Å². The van der Waals surface area contributed by atoms with Gasteiger partial charge in [-0.1, -0.05) is 18.6 Å². The van der Waals surface area contributed by atoms with Gasteiger partial charge in [-0.25, -0.2) is 9.97 Å². The summed E-state index contributed by atoms with van der Waals surface area (Å²) < 4.78 is 0. The number of amides is 1. The predicted octanol–water partition coefficient (Wildman–Crippen LogP) is 3.50. The number of nitrogens with one attached hydrogen (secondary N) is 2. The molecule has 1 aliphatic rings. The number of hydrogen-bond acceptors (Lipinski definition) is 4. The maximum atomic E-state index is 12.7. The molecule has 2 aromatic heterocycles. The first kappa shape index (κ1) is 16.7. The molecule has 6 nitrogen and oxygen atoms in total. The van der Waals surface area contributed by atoms with Crippen molar-refractivity contribution in [3.63, 3.8) is 0 Å². The minimum Gasteiger partial charge on any atom is -0.346 e. The number of anilines is 1. The van der Waals surface area contributed by atoms with Gasteiger partial charge < -0.3 is 10.3 Å². The Morgan fingerprint density at radius 2 is 2.04 bits per heavy atom. The van der Waals surface area contributed by atoms with Crippen LogP contribution in [0.5, 0.6) is 0 Å². The molecule has 0 saturated carbocycles. The normalized spacial score (nSPS) is 15.3. The molecule has 1 amide bonds. The molecule has 1 fully saturated rings. The lowest BCUT2D eigenvalue weighted by molar-refractivity contribution is 0.102. The van der Waals surface area contributed by atoms with Gasteiger partial charge >= 0.3 is 0 Å². The highest BCUT2D eigenvalue weighted by atomic mass is 16.1. The molecule has 26 heavy (non-hydrogen) atoms. The molecule has 3 aromatic rings. The highest BCUT2D eigenvalue weighted by Crippen LogP contribution is 2.20. The summed E-state index contributed by atoms with van der Waals surface area (Å²) in [5.74, 6) is 1.01. The first-order chi connectivity index (χ1) is 12.7. The van der Waals surface area contributed by atoms with Gasteiger partial charge in [-0.2, -0.15) is 0 Å². The summed E-state index contributed by atoms with van der Waals surface area (Å²) in [7, 11) is 0. The second kappa shape index (κ2) is 7.25. The lowest BCUT2D eigenvalue weighted by Crippen LogP contribution is -2.29. The van der Waals surface area contributed by atoms with E-state index >= 15 is 0 Å². The Kier molecular flexibility index (Phi) is 4.67. The molecule has 0 unspecified atom stereocenters. The van der Waals surface area contributed by atoms with E-state index in [1.54, 1.807) is 6.20 Å². The van der Waals surface area contributed by atoms with Gasteiger partial charge in [0.2, 0.25) is 0 Å². The van der Waals surface area contributed by atoms with E-state index in [9.17, 15) is 4.79 Å². The molecule has 4 rings (SSSR count). The Morgan fingerprint density at radius 1 is 1.19 bits per heavy atom. The van der Waals surface area contributed by atoms with Gasteiger partial charge in [0.15, 0.2) is 0 Å². The molecular formula is C20H23N5O. The van der Waals surface area contributed by atoms with Gasteiger partial charge in [-0.3, -0.25) is 9.69 Å². The fourth-order valence-electron chi connectivity index (χ4n) is 3.51. The highest BCUT2D eigenvalue weighted by Gasteiger charge is 2.14. The summed E-state index contributed by atoms with van der Waals surface area (Å²) >= 11 is 0.